The zero-order valence-corrected chi connectivity index (χ0v) is 11.6. The Kier molecular flexibility index (Phi) is 4.08. The number of alkyl halides is 3. The van der Waals surface area contributed by atoms with Crippen LogP contribution in [0.4, 0.5) is 13.2 Å². The van der Waals surface area contributed by atoms with Gasteiger partial charge in [0.25, 0.3) is 5.91 Å². The molecule has 20 heavy (non-hydrogen) atoms. The maximum absolute atomic E-state index is 12.6. The lowest BCUT2D eigenvalue weighted by Gasteiger charge is -2.17. The summed E-state index contributed by atoms with van der Waals surface area (Å²) in [5.41, 5.74) is -1.08. The lowest BCUT2D eigenvalue weighted by molar-refractivity contribution is -0.137. The first-order valence-corrected chi connectivity index (χ1v) is 6.51. The van der Waals surface area contributed by atoms with E-state index in [0.717, 1.165) is 23.1 Å². The maximum Gasteiger partial charge on any atom is 0.416 e. The molecule has 0 aliphatic carbocycles. The fourth-order valence-electron chi connectivity index (χ4n) is 1.97. The molecule has 1 heterocycles. The Labute approximate surface area is 120 Å². The van der Waals surface area contributed by atoms with Crippen LogP contribution in [0.1, 0.15) is 15.9 Å². The topological polar surface area (TPSA) is 60.8 Å². The van der Waals surface area contributed by atoms with E-state index in [4.69, 9.17) is 0 Å². The SMILES string of the molecule is O=C(c1cc(C(F)(F)F)ccc1Br)N1CC(O)C(O)C1. The van der Waals surface area contributed by atoms with E-state index < -0.39 is 29.9 Å². The second-order valence-corrected chi connectivity index (χ2v) is 5.39. The van der Waals surface area contributed by atoms with Crippen molar-refractivity contribution in [1.29, 1.82) is 0 Å². The quantitative estimate of drug-likeness (QED) is 0.806. The minimum Gasteiger partial charge on any atom is -0.388 e. The van der Waals surface area contributed by atoms with Crippen LogP contribution in [-0.2, 0) is 6.18 Å². The van der Waals surface area contributed by atoms with Gasteiger partial charge in [-0.05, 0) is 34.1 Å². The Hall–Kier alpha value is -1.12. The average molecular weight is 354 g/mol. The number of benzene rings is 1. The zero-order valence-electron chi connectivity index (χ0n) is 10.1. The third kappa shape index (κ3) is 2.97. The second-order valence-electron chi connectivity index (χ2n) is 4.54. The lowest BCUT2D eigenvalue weighted by atomic mass is 10.1. The smallest absolute Gasteiger partial charge is 0.388 e. The van der Waals surface area contributed by atoms with Crippen LogP contribution in [0, 0.1) is 0 Å². The molecule has 1 aromatic carbocycles. The summed E-state index contributed by atoms with van der Waals surface area (Å²) in [7, 11) is 0. The van der Waals surface area contributed by atoms with E-state index in [0.29, 0.717) is 0 Å². The third-order valence-corrected chi connectivity index (χ3v) is 3.76. The molecule has 2 atom stereocenters. The fourth-order valence-corrected chi connectivity index (χ4v) is 2.39. The molecule has 4 nitrogen and oxygen atoms in total. The Morgan fingerprint density at radius 2 is 1.80 bits per heavy atom. The molecule has 110 valence electrons. The summed E-state index contributed by atoms with van der Waals surface area (Å²) in [6, 6.07) is 2.77. The summed E-state index contributed by atoms with van der Waals surface area (Å²) in [6.45, 7) is -0.217. The highest BCUT2D eigenvalue weighted by atomic mass is 79.9. The van der Waals surface area contributed by atoms with E-state index in [-0.39, 0.29) is 23.1 Å². The molecule has 1 aliphatic heterocycles. The summed E-state index contributed by atoms with van der Waals surface area (Å²) >= 11 is 3.04. The first-order valence-electron chi connectivity index (χ1n) is 5.72. The van der Waals surface area contributed by atoms with Crippen LogP contribution >= 0.6 is 15.9 Å². The molecule has 2 rings (SSSR count). The average Bonchev–Trinajstić information content (AvgIpc) is 2.68. The summed E-state index contributed by atoms with van der Waals surface area (Å²) < 4.78 is 38.2. The molecule has 0 saturated carbocycles. The molecule has 0 aromatic heterocycles. The van der Waals surface area contributed by atoms with Crippen molar-refractivity contribution in [3.8, 4) is 0 Å². The number of nitrogens with zero attached hydrogens (tertiary/aromatic N) is 1. The van der Waals surface area contributed by atoms with Gasteiger partial charge in [-0.15, -0.1) is 0 Å². The number of aliphatic hydroxyl groups excluding tert-OH is 2. The van der Waals surface area contributed by atoms with Crippen LogP contribution in [-0.4, -0.2) is 46.3 Å². The highest BCUT2D eigenvalue weighted by Crippen LogP contribution is 2.32. The number of carbonyl (C=O) groups is 1. The number of rotatable bonds is 1. The van der Waals surface area contributed by atoms with E-state index in [1.54, 1.807) is 0 Å². The van der Waals surface area contributed by atoms with Crippen LogP contribution in [0.15, 0.2) is 22.7 Å². The monoisotopic (exact) mass is 353 g/mol. The van der Waals surface area contributed by atoms with Crippen LogP contribution < -0.4 is 0 Å². The van der Waals surface area contributed by atoms with E-state index in [1.807, 2.05) is 0 Å². The highest BCUT2D eigenvalue weighted by Gasteiger charge is 2.35. The molecule has 1 aromatic rings. The predicted octanol–water partition coefficient (Wildman–Crippen LogP) is 1.65. The Bertz CT molecular complexity index is 525. The van der Waals surface area contributed by atoms with Gasteiger partial charge in [0.15, 0.2) is 0 Å². The van der Waals surface area contributed by atoms with Crippen molar-refractivity contribution in [2.45, 2.75) is 18.4 Å². The molecule has 1 fully saturated rings. The summed E-state index contributed by atoms with van der Waals surface area (Å²) in [4.78, 5) is 13.3. The lowest BCUT2D eigenvalue weighted by Crippen LogP contribution is -2.30. The van der Waals surface area contributed by atoms with Crippen LogP contribution in [0.2, 0.25) is 0 Å². The molecule has 0 spiro atoms. The molecule has 1 saturated heterocycles. The van der Waals surface area contributed by atoms with Gasteiger partial charge in [-0.25, -0.2) is 0 Å². The summed E-state index contributed by atoms with van der Waals surface area (Å²) in [5, 5.41) is 18.8. The molecule has 1 aliphatic rings. The van der Waals surface area contributed by atoms with Crippen LogP contribution in [0.5, 0.6) is 0 Å². The van der Waals surface area contributed by atoms with Gasteiger partial charge in [0, 0.05) is 17.6 Å². The standard InChI is InChI=1S/C12H11BrF3NO3/c13-8-2-1-6(12(14,15)16)3-7(8)11(20)17-4-9(18)10(19)5-17/h1-3,9-10,18-19H,4-5H2. The number of β-amino-alcohol motifs (C(OH)–C–C–N with tert-alkyl or cyclic N) is 2. The number of hydrogen-bond acceptors (Lipinski definition) is 3. The van der Waals surface area contributed by atoms with Gasteiger partial charge in [0.05, 0.1) is 23.3 Å². The number of carbonyl (C=O) groups excluding carboxylic acids is 1. The number of amides is 1. The first-order chi connectivity index (χ1) is 9.20. The van der Waals surface area contributed by atoms with Gasteiger partial charge in [0.2, 0.25) is 0 Å². The molecule has 2 unspecified atom stereocenters. The number of hydrogen-bond donors (Lipinski definition) is 2. The van der Waals surface area contributed by atoms with E-state index in [1.165, 1.54) is 0 Å². The van der Waals surface area contributed by atoms with Crippen LogP contribution in [0.25, 0.3) is 0 Å². The van der Waals surface area contributed by atoms with Crippen LogP contribution in [0.3, 0.4) is 0 Å². The van der Waals surface area contributed by atoms with Crippen molar-refractivity contribution >= 4 is 21.8 Å². The minimum absolute atomic E-state index is 0.108. The van der Waals surface area contributed by atoms with Gasteiger partial charge in [0.1, 0.15) is 0 Å². The third-order valence-electron chi connectivity index (χ3n) is 3.07. The normalized spacial score (nSPS) is 23.2. The molecular formula is C12H11BrF3NO3. The Balaban J connectivity index is 2.30. The largest absolute Gasteiger partial charge is 0.416 e. The van der Waals surface area contributed by atoms with Gasteiger partial charge in [-0.3, -0.25) is 4.79 Å². The molecule has 0 bridgehead atoms. The van der Waals surface area contributed by atoms with Gasteiger partial charge in [-0.2, -0.15) is 13.2 Å². The van der Waals surface area contributed by atoms with Gasteiger partial charge in [-0.1, -0.05) is 0 Å². The predicted molar refractivity (Wildman–Crippen MR) is 67.1 cm³/mol. The molecule has 0 radical (unpaired) electrons. The summed E-state index contributed by atoms with van der Waals surface area (Å²) in [6.07, 6.45) is -6.70. The molecule has 2 N–H and O–H groups in total. The van der Waals surface area contributed by atoms with Crippen molar-refractivity contribution in [3.63, 3.8) is 0 Å². The number of aliphatic hydroxyl groups is 2. The van der Waals surface area contributed by atoms with E-state index in [9.17, 15) is 28.2 Å². The molecule has 8 heteroatoms. The van der Waals surface area contributed by atoms with Crippen molar-refractivity contribution in [2.75, 3.05) is 13.1 Å². The highest BCUT2D eigenvalue weighted by molar-refractivity contribution is 9.10. The first kappa shape index (κ1) is 15.3. The summed E-state index contributed by atoms with van der Waals surface area (Å²) in [5.74, 6) is -0.668. The van der Waals surface area contributed by atoms with Gasteiger partial charge < -0.3 is 15.1 Å². The number of likely N-dealkylation sites (tertiary alicyclic amines) is 1. The fraction of sp³-hybridized carbons (Fsp3) is 0.417. The van der Waals surface area contributed by atoms with E-state index >= 15 is 0 Å². The van der Waals surface area contributed by atoms with Gasteiger partial charge >= 0.3 is 6.18 Å². The Morgan fingerprint density at radius 1 is 1.25 bits per heavy atom. The zero-order chi connectivity index (χ0) is 15.1. The maximum atomic E-state index is 12.6. The molecular weight excluding hydrogens is 343 g/mol. The number of halogens is 4. The van der Waals surface area contributed by atoms with Crippen molar-refractivity contribution < 1.29 is 28.2 Å². The van der Waals surface area contributed by atoms with E-state index in [2.05, 4.69) is 15.9 Å². The molecule has 1 amide bonds. The Morgan fingerprint density at radius 3 is 2.30 bits per heavy atom. The van der Waals surface area contributed by atoms with Crippen molar-refractivity contribution in [3.05, 3.63) is 33.8 Å². The van der Waals surface area contributed by atoms with Crippen molar-refractivity contribution in [2.24, 2.45) is 0 Å². The van der Waals surface area contributed by atoms with Crippen molar-refractivity contribution in [1.82, 2.24) is 4.90 Å². The minimum atomic E-state index is -4.54. The second kappa shape index (κ2) is 5.34.